The SMILES string of the molecule is Clc1ccc(Cl)c(OCCCC2CCNC2)c1Cl. The van der Waals surface area contributed by atoms with Gasteiger partial charge in [-0.1, -0.05) is 34.8 Å². The van der Waals surface area contributed by atoms with E-state index in [0.29, 0.717) is 27.4 Å². The molecule has 1 N–H and O–H groups in total. The van der Waals surface area contributed by atoms with Crippen LogP contribution in [0.4, 0.5) is 0 Å². The fraction of sp³-hybridized carbons (Fsp3) is 0.538. The zero-order chi connectivity index (χ0) is 13.0. The first-order chi connectivity index (χ1) is 8.68. The molecule has 0 aromatic heterocycles. The number of ether oxygens (including phenoxy) is 1. The van der Waals surface area contributed by atoms with Gasteiger partial charge in [0.1, 0.15) is 5.02 Å². The lowest BCUT2D eigenvalue weighted by molar-refractivity contribution is 0.295. The molecule has 0 radical (unpaired) electrons. The van der Waals surface area contributed by atoms with E-state index in [2.05, 4.69) is 5.32 Å². The Kier molecular flexibility index (Phi) is 5.43. The van der Waals surface area contributed by atoms with E-state index in [1.165, 1.54) is 12.8 Å². The van der Waals surface area contributed by atoms with Gasteiger partial charge in [0.25, 0.3) is 0 Å². The standard InChI is InChI=1S/C13H16Cl3NO/c14-10-3-4-11(15)13(12(10)16)18-7-1-2-9-5-6-17-8-9/h3-4,9,17H,1-2,5-8H2. The second-order valence-corrected chi connectivity index (χ2v) is 5.71. The monoisotopic (exact) mass is 307 g/mol. The van der Waals surface area contributed by atoms with Crippen molar-refractivity contribution in [3.63, 3.8) is 0 Å². The van der Waals surface area contributed by atoms with E-state index in [4.69, 9.17) is 39.5 Å². The van der Waals surface area contributed by atoms with Gasteiger partial charge >= 0.3 is 0 Å². The van der Waals surface area contributed by atoms with E-state index in [-0.39, 0.29) is 0 Å². The number of rotatable bonds is 5. The molecule has 1 saturated heterocycles. The Morgan fingerprint density at radius 1 is 1.22 bits per heavy atom. The van der Waals surface area contributed by atoms with E-state index < -0.39 is 0 Å². The average Bonchev–Trinajstić information content (AvgIpc) is 2.86. The molecule has 0 saturated carbocycles. The van der Waals surface area contributed by atoms with Crippen LogP contribution in [0.5, 0.6) is 5.75 Å². The van der Waals surface area contributed by atoms with Crippen molar-refractivity contribution < 1.29 is 4.74 Å². The molecule has 1 aliphatic heterocycles. The molecule has 1 aromatic rings. The Hall–Kier alpha value is -0.150. The summed E-state index contributed by atoms with van der Waals surface area (Å²) in [5, 5.41) is 4.73. The Morgan fingerprint density at radius 2 is 2.00 bits per heavy atom. The molecule has 1 fully saturated rings. The maximum atomic E-state index is 6.05. The first kappa shape index (κ1) is 14.3. The Morgan fingerprint density at radius 3 is 2.72 bits per heavy atom. The highest BCUT2D eigenvalue weighted by molar-refractivity contribution is 6.44. The molecule has 1 unspecified atom stereocenters. The van der Waals surface area contributed by atoms with Crippen molar-refractivity contribution in [2.75, 3.05) is 19.7 Å². The number of hydrogen-bond donors (Lipinski definition) is 1. The molecular weight excluding hydrogens is 293 g/mol. The summed E-state index contributed by atoms with van der Waals surface area (Å²) in [6.07, 6.45) is 3.44. The van der Waals surface area contributed by atoms with Crippen LogP contribution in [0.3, 0.4) is 0 Å². The maximum absolute atomic E-state index is 6.05. The van der Waals surface area contributed by atoms with Gasteiger partial charge in [-0.15, -0.1) is 0 Å². The quantitative estimate of drug-likeness (QED) is 0.642. The van der Waals surface area contributed by atoms with Crippen molar-refractivity contribution in [2.45, 2.75) is 19.3 Å². The Bertz CT molecular complexity index is 405. The second kappa shape index (κ2) is 6.85. The molecule has 1 atom stereocenters. The summed E-state index contributed by atoms with van der Waals surface area (Å²) in [4.78, 5) is 0. The van der Waals surface area contributed by atoms with Gasteiger partial charge < -0.3 is 10.1 Å². The van der Waals surface area contributed by atoms with Gasteiger partial charge in [-0.25, -0.2) is 0 Å². The van der Waals surface area contributed by atoms with Gasteiger partial charge in [-0.3, -0.25) is 0 Å². The van der Waals surface area contributed by atoms with Gasteiger partial charge in [0.05, 0.1) is 16.7 Å². The molecule has 1 heterocycles. The van der Waals surface area contributed by atoms with Crippen LogP contribution in [-0.4, -0.2) is 19.7 Å². The van der Waals surface area contributed by atoms with Crippen LogP contribution >= 0.6 is 34.8 Å². The zero-order valence-electron chi connectivity index (χ0n) is 10.0. The number of nitrogens with one attached hydrogen (secondary N) is 1. The van der Waals surface area contributed by atoms with Crippen LogP contribution in [0.1, 0.15) is 19.3 Å². The van der Waals surface area contributed by atoms with E-state index >= 15 is 0 Å². The number of halogens is 3. The van der Waals surface area contributed by atoms with Crippen LogP contribution in [-0.2, 0) is 0 Å². The zero-order valence-corrected chi connectivity index (χ0v) is 12.3. The lowest BCUT2D eigenvalue weighted by Crippen LogP contribution is -2.10. The topological polar surface area (TPSA) is 21.3 Å². The maximum Gasteiger partial charge on any atom is 0.157 e. The van der Waals surface area contributed by atoms with Gasteiger partial charge in [-0.2, -0.15) is 0 Å². The third-order valence-electron chi connectivity index (χ3n) is 3.17. The fourth-order valence-corrected chi connectivity index (χ4v) is 2.78. The second-order valence-electron chi connectivity index (χ2n) is 4.52. The van der Waals surface area contributed by atoms with Crippen LogP contribution in [0.2, 0.25) is 15.1 Å². The van der Waals surface area contributed by atoms with E-state index in [9.17, 15) is 0 Å². The van der Waals surface area contributed by atoms with E-state index in [1.807, 2.05) is 0 Å². The molecule has 5 heteroatoms. The summed E-state index contributed by atoms with van der Waals surface area (Å²) >= 11 is 18.0. The molecule has 18 heavy (non-hydrogen) atoms. The van der Waals surface area contributed by atoms with E-state index in [0.717, 1.165) is 25.4 Å². The smallest absolute Gasteiger partial charge is 0.157 e. The number of benzene rings is 1. The van der Waals surface area contributed by atoms with Crippen LogP contribution in [0.25, 0.3) is 0 Å². The highest BCUT2D eigenvalue weighted by Gasteiger charge is 2.14. The molecule has 0 amide bonds. The molecule has 1 aliphatic rings. The summed E-state index contributed by atoms with van der Waals surface area (Å²) < 4.78 is 5.64. The summed E-state index contributed by atoms with van der Waals surface area (Å²) in [5.74, 6) is 1.27. The molecule has 0 bridgehead atoms. The Labute approximate surface area is 123 Å². The van der Waals surface area contributed by atoms with Crippen LogP contribution < -0.4 is 10.1 Å². The summed E-state index contributed by atoms with van der Waals surface area (Å²) in [6, 6.07) is 3.37. The molecule has 0 aliphatic carbocycles. The first-order valence-electron chi connectivity index (χ1n) is 6.15. The molecule has 2 nitrogen and oxygen atoms in total. The summed E-state index contributed by atoms with van der Waals surface area (Å²) in [7, 11) is 0. The highest BCUT2D eigenvalue weighted by atomic mass is 35.5. The Balaban J connectivity index is 1.80. The van der Waals surface area contributed by atoms with Crippen molar-refractivity contribution >= 4 is 34.8 Å². The van der Waals surface area contributed by atoms with Crippen molar-refractivity contribution in [1.82, 2.24) is 5.32 Å². The average molecular weight is 309 g/mol. The predicted molar refractivity (Wildman–Crippen MR) is 77.2 cm³/mol. The van der Waals surface area contributed by atoms with Gasteiger partial charge in [-0.05, 0) is 50.4 Å². The molecule has 0 spiro atoms. The van der Waals surface area contributed by atoms with Gasteiger partial charge in [0.2, 0.25) is 0 Å². The molecular formula is C13H16Cl3NO. The van der Waals surface area contributed by atoms with Gasteiger partial charge in [0, 0.05) is 0 Å². The van der Waals surface area contributed by atoms with Crippen LogP contribution in [0.15, 0.2) is 12.1 Å². The highest BCUT2D eigenvalue weighted by Crippen LogP contribution is 2.38. The molecule has 100 valence electrons. The summed E-state index contributed by atoms with van der Waals surface area (Å²) in [6.45, 7) is 2.88. The van der Waals surface area contributed by atoms with Crippen LogP contribution in [0, 0.1) is 5.92 Å². The summed E-state index contributed by atoms with van der Waals surface area (Å²) in [5.41, 5.74) is 0. The minimum absolute atomic E-state index is 0.395. The van der Waals surface area contributed by atoms with Crippen molar-refractivity contribution in [3.05, 3.63) is 27.2 Å². The first-order valence-corrected chi connectivity index (χ1v) is 7.29. The lowest BCUT2D eigenvalue weighted by atomic mass is 10.0. The third kappa shape index (κ3) is 3.67. The fourth-order valence-electron chi connectivity index (χ4n) is 2.15. The lowest BCUT2D eigenvalue weighted by Gasteiger charge is -2.12. The van der Waals surface area contributed by atoms with E-state index in [1.54, 1.807) is 12.1 Å². The minimum atomic E-state index is 0.395. The minimum Gasteiger partial charge on any atom is -0.490 e. The molecule has 1 aromatic carbocycles. The van der Waals surface area contributed by atoms with Crippen molar-refractivity contribution in [3.8, 4) is 5.75 Å². The van der Waals surface area contributed by atoms with Gasteiger partial charge in [0.15, 0.2) is 5.75 Å². The normalized spacial score (nSPS) is 19.2. The third-order valence-corrected chi connectivity index (χ3v) is 4.25. The largest absolute Gasteiger partial charge is 0.490 e. The number of hydrogen-bond acceptors (Lipinski definition) is 2. The predicted octanol–water partition coefficient (Wildman–Crippen LogP) is 4.42. The van der Waals surface area contributed by atoms with Crippen molar-refractivity contribution in [1.29, 1.82) is 0 Å². The molecule has 2 rings (SSSR count). The van der Waals surface area contributed by atoms with Crippen molar-refractivity contribution in [2.24, 2.45) is 5.92 Å².